The van der Waals surface area contributed by atoms with Crippen LogP contribution in [-0.2, 0) is 27.3 Å². The largest absolute Gasteiger partial charge is 3.00 e. The van der Waals surface area contributed by atoms with Gasteiger partial charge in [0, 0.05) is 0 Å². The monoisotopic (exact) mass is 1260 g/mol. The first-order valence-electron chi connectivity index (χ1n) is 33.6. The minimum Gasteiger partial charge on any atom is -0.746 e. The number of hydrogen-bond donors (Lipinski definition) is 0. The number of benzene rings is 3. The zero-order valence-electron chi connectivity index (χ0n) is 55.1. The van der Waals surface area contributed by atoms with Crippen molar-refractivity contribution < 1.29 is 55.5 Å². The van der Waals surface area contributed by atoms with Gasteiger partial charge < -0.3 is 41.8 Å². The predicted octanol–water partition coefficient (Wildman–Crippen LogP) is 21.7. The smallest absolute Gasteiger partial charge is 0.746 e. The summed E-state index contributed by atoms with van der Waals surface area (Å²) in [5.41, 5.74) is 2.60. The molecule has 0 bridgehead atoms. The molecule has 85 heavy (non-hydrogen) atoms. The van der Waals surface area contributed by atoms with E-state index >= 15 is 0 Å². The van der Waals surface area contributed by atoms with Crippen molar-refractivity contribution in [3.05, 3.63) is 89.5 Å². The van der Waals surface area contributed by atoms with Gasteiger partial charge in [0.1, 0.15) is 17.2 Å². The van der Waals surface area contributed by atoms with Crippen LogP contribution in [0.2, 0.25) is 0 Å². The molecule has 0 amide bonds. The fourth-order valence-electron chi connectivity index (χ4n) is 9.92. The Bertz CT molecular complexity index is 1920. The standard InChI is InChI=1S/3C23H41O4P.Al/c3*1-4-5-6-7-8-9-10-11-12-13-14-17-20-26-28(24,25)27-23-19-16-15-18-22(23)21(2)3;/h3*15-16,18-19,21H,4-14,17,20H2,1-3H3,(H,24,25);/q;;;+3/p-3. The van der Waals surface area contributed by atoms with Crippen LogP contribution in [0.5, 0.6) is 17.2 Å². The van der Waals surface area contributed by atoms with Crippen molar-refractivity contribution in [3.63, 3.8) is 0 Å². The molecule has 0 saturated carbocycles. The summed E-state index contributed by atoms with van der Waals surface area (Å²) in [6, 6.07) is 21.6. The van der Waals surface area contributed by atoms with Crippen molar-refractivity contribution in [1.29, 1.82) is 0 Å². The van der Waals surface area contributed by atoms with E-state index < -0.39 is 23.5 Å². The van der Waals surface area contributed by atoms with Gasteiger partial charge >= 0.3 is 40.8 Å². The van der Waals surface area contributed by atoms with Gasteiger partial charge in [-0.3, -0.25) is 13.7 Å². The van der Waals surface area contributed by atoms with Gasteiger partial charge in [0.2, 0.25) is 0 Å². The minimum absolute atomic E-state index is 0. The Kier molecular flexibility index (Phi) is 52.6. The molecule has 0 aliphatic rings. The molecule has 0 aliphatic heterocycles. The number of phosphoric ester groups is 3. The number of rotatable bonds is 51. The van der Waals surface area contributed by atoms with Gasteiger partial charge in [-0.05, 0) is 71.9 Å². The van der Waals surface area contributed by atoms with Crippen molar-refractivity contribution >= 4 is 40.8 Å². The van der Waals surface area contributed by atoms with Crippen molar-refractivity contribution in [2.75, 3.05) is 19.8 Å². The average molecular weight is 1260 g/mol. The van der Waals surface area contributed by atoms with Crippen LogP contribution in [0, 0.1) is 0 Å². The zero-order valence-corrected chi connectivity index (χ0v) is 58.9. The summed E-state index contributed by atoms with van der Waals surface area (Å²) < 4.78 is 66.8. The van der Waals surface area contributed by atoms with E-state index in [1.54, 1.807) is 36.4 Å². The third-order valence-electron chi connectivity index (χ3n) is 15.0. The van der Waals surface area contributed by atoms with Crippen LogP contribution in [0.1, 0.15) is 328 Å². The number of unbranched alkanes of at least 4 members (excludes halogenated alkanes) is 33. The molecule has 0 heterocycles. The first-order chi connectivity index (χ1) is 40.4. The second-order valence-electron chi connectivity index (χ2n) is 23.9. The van der Waals surface area contributed by atoms with E-state index in [9.17, 15) is 28.4 Å². The first kappa shape index (κ1) is 83.0. The quantitative estimate of drug-likeness (QED) is 0.0297. The number of phosphoric acid groups is 3. The summed E-state index contributed by atoms with van der Waals surface area (Å²) in [5.74, 6) is 1.66. The fourth-order valence-corrected chi connectivity index (χ4v) is 12.4. The molecule has 12 nitrogen and oxygen atoms in total. The van der Waals surface area contributed by atoms with E-state index in [1.807, 2.05) is 77.9 Å². The molecule has 0 radical (unpaired) electrons. The molecule has 3 aromatic rings. The molecule has 3 rings (SSSR count). The van der Waals surface area contributed by atoms with Gasteiger partial charge in [-0.2, -0.15) is 0 Å². The van der Waals surface area contributed by atoms with E-state index in [1.165, 1.54) is 173 Å². The van der Waals surface area contributed by atoms with Crippen LogP contribution in [0.15, 0.2) is 72.8 Å². The molecule has 3 atom stereocenters. The van der Waals surface area contributed by atoms with Gasteiger partial charge in [0.05, 0.1) is 19.8 Å². The Morgan fingerprint density at radius 2 is 0.459 bits per heavy atom. The summed E-state index contributed by atoms with van der Waals surface area (Å²) in [5, 5.41) is 0. The van der Waals surface area contributed by atoms with Crippen molar-refractivity contribution in [2.24, 2.45) is 0 Å². The molecular formula is C69H120AlO12P3. The Hall–Kier alpha value is -1.96. The molecule has 0 aromatic heterocycles. The van der Waals surface area contributed by atoms with Gasteiger partial charge in [-0.15, -0.1) is 0 Å². The van der Waals surface area contributed by atoms with Crippen LogP contribution in [-0.4, -0.2) is 37.2 Å². The van der Waals surface area contributed by atoms with E-state index in [0.29, 0.717) is 17.2 Å². The summed E-state index contributed by atoms with van der Waals surface area (Å²) in [7, 11) is -12.9. The van der Waals surface area contributed by atoms with Crippen molar-refractivity contribution in [3.8, 4) is 17.2 Å². The third kappa shape index (κ3) is 46.7. The van der Waals surface area contributed by atoms with E-state index in [0.717, 1.165) is 74.5 Å². The van der Waals surface area contributed by atoms with E-state index in [4.69, 9.17) is 27.1 Å². The Morgan fingerprint density at radius 3 is 0.635 bits per heavy atom. The van der Waals surface area contributed by atoms with Crippen molar-refractivity contribution in [2.45, 2.75) is 311 Å². The molecule has 486 valence electrons. The third-order valence-corrected chi connectivity index (χ3v) is 17.8. The molecular weight excluding hydrogens is 1140 g/mol. The normalized spacial score (nSPS) is 13.4. The molecule has 16 heteroatoms. The molecule has 3 unspecified atom stereocenters. The number of hydrogen-bond acceptors (Lipinski definition) is 12. The predicted molar refractivity (Wildman–Crippen MR) is 353 cm³/mol. The summed E-state index contributed by atoms with van der Waals surface area (Å²) in [4.78, 5) is 36.2. The van der Waals surface area contributed by atoms with Crippen LogP contribution in [0.25, 0.3) is 0 Å². The Morgan fingerprint density at radius 1 is 0.294 bits per heavy atom. The van der Waals surface area contributed by atoms with Gasteiger partial charge in [-0.1, -0.05) is 329 Å². The number of para-hydroxylation sites is 3. The summed E-state index contributed by atoms with van der Waals surface area (Å²) in [6.45, 7) is 19.4. The molecule has 0 N–H and O–H groups in total. The molecule has 0 saturated heterocycles. The summed E-state index contributed by atoms with van der Waals surface area (Å²) in [6.07, 6.45) is 44.6. The summed E-state index contributed by atoms with van der Waals surface area (Å²) >= 11 is 0. The Labute approximate surface area is 531 Å². The van der Waals surface area contributed by atoms with E-state index in [2.05, 4.69) is 20.8 Å². The minimum atomic E-state index is -4.31. The van der Waals surface area contributed by atoms with Crippen LogP contribution in [0.4, 0.5) is 0 Å². The van der Waals surface area contributed by atoms with Crippen LogP contribution < -0.4 is 28.3 Å². The molecule has 0 aliphatic carbocycles. The molecule has 3 aromatic carbocycles. The maximum absolute atomic E-state index is 12.1. The van der Waals surface area contributed by atoms with Crippen LogP contribution in [0.3, 0.4) is 0 Å². The first-order valence-corrected chi connectivity index (χ1v) is 38.0. The maximum atomic E-state index is 12.1. The van der Waals surface area contributed by atoms with Gasteiger partial charge in [0.25, 0.3) is 0 Å². The topological polar surface area (TPSA) is 176 Å². The average Bonchev–Trinajstić information content (AvgIpc) is 3.67. The SMILES string of the molecule is CCCCCCCCCCCCCCOP(=O)([O-])Oc1ccccc1C(C)C.CCCCCCCCCCCCCCOP(=O)([O-])Oc1ccccc1C(C)C.CCCCCCCCCCCCCCOP(=O)([O-])Oc1ccccc1C(C)C.[Al+3]. The fraction of sp³-hybridized carbons (Fsp3) is 0.739. The van der Waals surface area contributed by atoms with Crippen LogP contribution >= 0.6 is 23.5 Å². The Balaban J connectivity index is 0.00000124. The van der Waals surface area contributed by atoms with Gasteiger partial charge in [0.15, 0.2) is 0 Å². The molecule has 0 spiro atoms. The molecule has 0 fully saturated rings. The second-order valence-corrected chi connectivity index (χ2v) is 27.9. The zero-order chi connectivity index (χ0) is 62.0. The van der Waals surface area contributed by atoms with E-state index in [-0.39, 0.29) is 54.9 Å². The maximum Gasteiger partial charge on any atom is 3.00 e. The second kappa shape index (κ2) is 53.8. The van der Waals surface area contributed by atoms with Crippen molar-refractivity contribution in [1.82, 2.24) is 0 Å². The van der Waals surface area contributed by atoms with Gasteiger partial charge in [-0.25, -0.2) is 0 Å².